The van der Waals surface area contributed by atoms with Crippen LogP contribution in [0.25, 0.3) is 5.65 Å². The molecular weight excluding hydrogens is 354 g/mol. The molecule has 9 nitrogen and oxygen atoms in total. The number of ether oxygens (including phenoxy) is 3. The number of fused-ring (bicyclic) bond motifs is 1. The molecule has 0 saturated heterocycles. The Kier molecular flexibility index (Phi) is 5.20. The summed E-state index contributed by atoms with van der Waals surface area (Å²) in [7, 11) is 0. The fraction of sp³-hybridized carbons (Fsp3) is 0.222. The first-order valence-corrected chi connectivity index (χ1v) is 8.22. The molecule has 1 unspecified atom stereocenters. The number of carbonyl (C=O) groups excluding carboxylic acids is 1. The highest BCUT2D eigenvalue weighted by Gasteiger charge is 2.24. The average Bonchev–Trinajstić information content (AvgIpc) is 3.01. The van der Waals surface area contributed by atoms with Crippen molar-refractivity contribution in [2.45, 2.75) is 20.0 Å². The van der Waals surface area contributed by atoms with Crippen molar-refractivity contribution in [1.82, 2.24) is 9.38 Å². The van der Waals surface area contributed by atoms with E-state index in [1.807, 2.05) is 0 Å². The van der Waals surface area contributed by atoms with Gasteiger partial charge in [-0.15, -0.1) is 0 Å². The molecule has 0 bridgehead atoms. The van der Waals surface area contributed by atoms with E-state index in [1.54, 1.807) is 62.5 Å². The van der Waals surface area contributed by atoms with Crippen LogP contribution < -0.4 is 9.47 Å². The van der Waals surface area contributed by atoms with Gasteiger partial charge in [-0.05, 0) is 49.1 Å². The number of carbonyl (C=O) groups is 1. The summed E-state index contributed by atoms with van der Waals surface area (Å²) < 4.78 is 17.3. The maximum absolute atomic E-state index is 11.6. The Morgan fingerprint density at radius 3 is 2.59 bits per heavy atom. The van der Waals surface area contributed by atoms with E-state index < -0.39 is 17.0 Å². The lowest BCUT2D eigenvalue weighted by molar-refractivity contribution is -0.391. The Labute approximate surface area is 154 Å². The molecule has 0 saturated carbocycles. The van der Waals surface area contributed by atoms with E-state index in [1.165, 1.54) is 4.40 Å². The summed E-state index contributed by atoms with van der Waals surface area (Å²) in [5, 5.41) is 11.4. The second-order valence-corrected chi connectivity index (χ2v) is 5.51. The van der Waals surface area contributed by atoms with Crippen LogP contribution in [0.4, 0.5) is 5.82 Å². The van der Waals surface area contributed by atoms with Crippen LogP contribution in [-0.2, 0) is 9.53 Å². The zero-order chi connectivity index (χ0) is 19.4. The molecule has 0 fully saturated rings. The Morgan fingerprint density at radius 2 is 1.93 bits per heavy atom. The highest BCUT2D eigenvalue weighted by molar-refractivity contribution is 5.74. The zero-order valence-electron chi connectivity index (χ0n) is 14.7. The van der Waals surface area contributed by atoms with Crippen molar-refractivity contribution in [2.75, 3.05) is 6.61 Å². The molecular formula is C18H17N3O6. The molecule has 0 radical (unpaired) electrons. The summed E-state index contributed by atoms with van der Waals surface area (Å²) in [6, 6.07) is 11.4. The van der Waals surface area contributed by atoms with Crippen LogP contribution in [0.1, 0.15) is 13.8 Å². The van der Waals surface area contributed by atoms with Gasteiger partial charge in [0.25, 0.3) is 0 Å². The van der Waals surface area contributed by atoms with Gasteiger partial charge in [-0.25, -0.2) is 4.79 Å². The second kappa shape index (κ2) is 7.73. The lowest BCUT2D eigenvalue weighted by Crippen LogP contribution is -2.25. The highest BCUT2D eigenvalue weighted by Crippen LogP contribution is 2.32. The predicted molar refractivity (Wildman–Crippen MR) is 95.1 cm³/mol. The van der Waals surface area contributed by atoms with Crippen LogP contribution in [0.2, 0.25) is 0 Å². The molecule has 0 amide bonds. The van der Waals surface area contributed by atoms with Crippen molar-refractivity contribution >= 4 is 17.4 Å². The van der Waals surface area contributed by atoms with Crippen molar-refractivity contribution < 1.29 is 23.9 Å². The van der Waals surface area contributed by atoms with Gasteiger partial charge in [0.15, 0.2) is 6.10 Å². The highest BCUT2D eigenvalue weighted by atomic mass is 16.6. The second-order valence-electron chi connectivity index (χ2n) is 5.51. The van der Waals surface area contributed by atoms with E-state index in [2.05, 4.69) is 4.98 Å². The Morgan fingerprint density at radius 1 is 1.22 bits per heavy atom. The normalized spacial score (nSPS) is 11.8. The average molecular weight is 371 g/mol. The lowest BCUT2D eigenvalue weighted by atomic mass is 10.3. The topological polar surface area (TPSA) is 105 Å². The zero-order valence-corrected chi connectivity index (χ0v) is 14.7. The molecule has 2 aromatic heterocycles. The standard InChI is InChI=1S/C18H17N3O6/c1-3-25-18(22)12(2)26-13-7-9-14(10-8-13)27-16-17(21(23)24)20-11-5-4-6-15(20)19-16/h4-12H,3H2,1-2H3. The van der Waals surface area contributed by atoms with Gasteiger partial charge in [-0.1, -0.05) is 6.07 Å². The molecule has 0 N–H and O–H groups in total. The fourth-order valence-electron chi connectivity index (χ4n) is 2.41. The molecule has 1 atom stereocenters. The van der Waals surface area contributed by atoms with Gasteiger partial charge in [0.1, 0.15) is 11.5 Å². The largest absolute Gasteiger partial charge is 0.479 e. The molecule has 2 heterocycles. The van der Waals surface area contributed by atoms with Crippen LogP contribution in [0.5, 0.6) is 17.4 Å². The monoisotopic (exact) mass is 371 g/mol. The molecule has 0 aliphatic heterocycles. The summed E-state index contributed by atoms with van der Waals surface area (Å²) in [6.07, 6.45) is 0.789. The number of nitro groups is 1. The van der Waals surface area contributed by atoms with Crippen molar-refractivity contribution in [3.63, 3.8) is 0 Å². The van der Waals surface area contributed by atoms with Gasteiger partial charge in [0, 0.05) is 6.07 Å². The molecule has 0 spiro atoms. The van der Waals surface area contributed by atoms with Crippen LogP contribution in [0.3, 0.4) is 0 Å². The maximum atomic E-state index is 11.6. The van der Waals surface area contributed by atoms with Gasteiger partial charge in [-0.2, -0.15) is 9.38 Å². The maximum Gasteiger partial charge on any atom is 0.392 e. The first kappa shape index (κ1) is 18.2. The lowest BCUT2D eigenvalue weighted by Gasteiger charge is -2.13. The van der Waals surface area contributed by atoms with Crippen LogP contribution in [0.15, 0.2) is 48.7 Å². The molecule has 9 heteroatoms. The van der Waals surface area contributed by atoms with E-state index in [4.69, 9.17) is 14.2 Å². The van der Waals surface area contributed by atoms with Gasteiger partial charge >= 0.3 is 17.7 Å². The van der Waals surface area contributed by atoms with E-state index >= 15 is 0 Å². The SMILES string of the molecule is CCOC(=O)C(C)Oc1ccc(Oc2nc3ccccn3c2[N+](=O)[O-])cc1. The molecule has 1 aromatic carbocycles. The number of rotatable bonds is 7. The molecule has 140 valence electrons. The van der Waals surface area contributed by atoms with Crippen LogP contribution >= 0.6 is 0 Å². The van der Waals surface area contributed by atoms with E-state index in [9.17, 15) is 14.9 Å². The smallest absolute Gasteiger partial charge is 0.392 e. The number of pyridine rings is 1. The van der Waals surface area contributed by atoms with Crippen molar-refractivity contribution in [2.24, 2.45) is 0 Å². The van der Waals surface area contributed by atoms with Crippen LogP contribution in [0, 0.1) is 10.1 Å². The van der Waals surface area contributed by atoms with Gasteiger partial charge in [-0.3, -0.25) is 0 Å². The minimum atomic E-state index is -0.753. The van der Waals surface area contributed by atoms with Gasteiger partial charge in [0.05, 0.1) is 12.8 Å². The molecule has 0 aliphatic rings. The van der Waals surface area contributed by atoms with E-state index in [0.29, 0.717) is 17.1 Å². The Balaban J connectivity index is 1.77. The Bertz CT molecular complexity index is 967. The summed E-state index contributed by atoms with van der Waals surface area (Å²) >= 11 is 0. The number of hydrogen-bond acceptors (Lipinski definition) is 7. The molecule has 3 aromatic rings. The first-order chi connectivity index (χ1) is 13.0. The third-order valence-corrected chi connectivity index (χ3v) is 3.62. The summed E-state index contributed by atoms with van der Waals surface area (Å²) in [5.41, 5.74) is 0.405. The summed E-state index contributed by atoms with van der Waals surface area (Å²) in [6.45, 7) is 3.58. The molecule has 0 aliphatic carbocycles. The number of imidazole rings is 1. The van der Waals surface area contributed by atoms with Crippen molar-refractivity contribution in [3.8, 4) is 17.4 Å². The first-order valence-electron chi connectivity index (χ1n) is 8.22. The summed E-state index contributed by atoms with van der Waals surface area (Å²) in [4.78, 5) is 26.6. The van der Waals surface area contributed by atoms with Crippen LogP contribution in [-0.4, -0.2) is 33.0 Å². The minimum Gasteiger partial charge on any atom is -0.479 e. The number of hydrogen-bond donors (Lipinski definition) is 0. The predicted octanol–water partition coefficient (Wildman–Crippen LogP) is 3.37. The fourth-order valence-corrected chi connectivity index (χ4v) is 2.41. The van der Waals surface area contributed by atoms with Gasteiger partial charge < -0.3 is 24.3 Å². The van der Waals surface area contributed by atoms with Crippen molar-refractivity contribution in [1.29, 1.82) is 0 Å². The third-order valence-electron chi connectivity index (χ3n) is 3.62. The van der Waals surface area contributed by atoms with E-state index in [0.717, 1.165) is 0 Å². The van der Waals surface area contributed by atoms with Crippen molar-refractivity contribution in [3.05, 3.63) is 58.8 Å². The number of aromatic nitrogens is 2. The molecule has 3 rings (SSSR count). The van der Waals surface area contributed by atoms with Gasteiger partial charge in [0.2, 0.25) is 5.65 Å². The third kappa shape index (κ3) is 3.97. The quantitative estimate of drug-likeness (QED) is 0.356. The Hall–Kier alpha value is -3.62. The minimum absolute atomic E-state index is 0.111. The number of nitrogens with zero attached hydrogens (tertiary/aromatic N) is 3. The summed E-state index contributed by atoms with van der Waals surface area (Å²) in [5.74, 6) is -0.0511. The number of benzene rings is 1. The molecule has 27 heavy (non-hydrogen) atoms. The number of esters is 1. The van der Waals surface area contributed by atoms with E-state index in [-0.39, 0.29) is 18.3 Å².